The molecule has 2 saturated heterocycles. The lowest BCUT2D eigenvalue weighted by atomic mass is 9.84. The van der Waals surface area contributed by atoms with Gasteiger partial charge in [-0.1, -0.05) is 0 Å². The van der Waals surface area contributed by atoms with Crippen molar-refractivity contribution in [3.8, 4) is 5.75 Å². The first-order valence-corrected chi connectivity index (χ1v) is 13.5. The molecule has 2 N–H and O–H groups in total. The van der Waals surface area contributed by atoms with Crippen LogP contribution in [0.2, 0.25) is 0 Å². The standard InChI is InChI=1S/C28H40FN7O3/c1-27(2)14-19(12-20-8-7-11-36(20)27)32-24-21(29)15-31-26(34-24)33-18-9-10-23-22(13-18)35(4)25(30-3)28(39-23,16-37-5)17-38-6/h9-10,13,15,19-20H,7-8,11-12,14,16-17H2,1-6H3,(H2,31,32,33,34). The van der Waals surface area contributed by atoms with Crippen LogP contribution in [0.4, 0.5) is 27.5 Å². The second-order valence-corrected chi connectivity index (χ2v) is 11.3. The molecule has 0 spiro atoms. The zero-order chi connectivity index (χ0) is 27.8. The maximum absolute atomic E-state index is 14.8. The molecule has 10 nitrogen and oxygen atoms in total. The number of ether oxygens (including phenoxy) is 3. The van der Waals surface area contributed by atoms with Crippen LogP contribution in [-0.4, -0.2) is 92.0 Å². The first-order valence-electron chi connectivity index (χ1n) is 13.5. The number of nitrogens with one attached hydrogen (secondary N) is 2. The van der Waals surface area contributed by atoms with Crippen LogP contribution >= 0.6 is 0 Å². The number of likely N-dealkylation sites (N-methyl/N-ethyl adjacent to an activating group) is 1. The summed E-state index contributed by atoms with van der Waals surface area (Å²) >= 11 is 0. The Labute approximate surface area is 230 Å². The Morgan fingerprint density at radius 1 is 1.23 bits per heavy atom. The Kier molecular flexibility index (Phi) is 7.67. The van der Waals surface area contributed by atoms with Gasteiger partial charge < -0.3 is 29.7 Å². The second kappa shape index (κ2) is 10.9. The molecule has 0 amide bonds. The molecule has 39 heavy (non-hydrogen) atoms. The maximum Gasteiger partial charge on any atom is 0.229 e. The third kappa shape index (κ3) is 5.27. The molecule has 2 unspecified atom stereocenters. The fourth-order valence-electron chi connectivity index (χ4n) is 6.64. The van der Waals surface area contributed by atoms with Gasteiger partial charge in [-0.3, -0.25) is 9.89 Å². The highest BCUT2D eigenvalue weighted by Crippen LogP contribution is 2.41. The summed E-state index contributed by atoms with van der Waals surface area (Å²) < 4.78 is 32.1. The van der Waals surface area contributed by atoms with E-state index in [1.54, 1.807) is 21.3 Å². The molecule has 4 heterocycles. The first kappa shape index (κ1) is 27.5. The van der Waals surface area contributed by atoms with Crippen LogP contribution in [-0.2, 0) is 9.47 Å². The van der Waals surface area contributed by atoms with Gasteiger partial charge in [0.05, 0.1) is 25.1 Å². The predicted octanol–water partition coefficient (Wildman–Crippen LogP) is 4.07. The number of benzene rings is 1. The number of hydrogen-bond donors (Lipinski definition) is 2. The van der Waals surface area contributed by atoms with Crippen molar-refractivity contribution in [1.82, 2.24) is 14.9 Å². The van der Waals surface area contributed by atoms with Gasteiger partial charge in [-0.05, 0) is 64.3 Å². The fraction of sp³-hybridized carbons (Fsp3) is 0.607. The van der Waals surface area contributed by atoms with Crippen LogP contribution in [0, 0.1) is 5.82 Å². The Bertz CT molecular complexity index is 1220. The Morgan fingerprint density at radius 2 is 2.00 bits per heavy atom. The highest BCUT2D eigenvalue weighted by atomic mass is 19.1. The van der Waals surface area contributed by atoms with Gasteiger partial charge in [-0.15, -0.1) is 0 Å². The molecule has 1 aromatic heterocycles. The van der Waals surface area contributed by atoms with Crippen LogP contribution in [0.15, 0.2) is 29.4 Å². The summed E-state index contributed by atoms with van der Waals surface area (Å²) in [4.78, 5) is 17.8. The van der Waals surface area contributed by atoms with E-state index < -0.39 is 11.4 Å². The SMILES string of the molecule is CN=C1N(C)c2cc(Nc3ncc(F)c(NC4CC5CCCN5C(C)(C)C4)n3)ccc2OC1(COC)COC. The fourth-order valence-corrected chi connectivity index (χ4v) is 6.64. The summed E-state index contributed by atoms with van der Waals surface area (Å²) in [5.74, 6) is 1.45. The number of aromatic nitrogens is 2. The van der Waals surface area contributed by atoms with Crippen LogP contribution in [0.3, 0.4) is 0 Å². The molecule has 5 rings (SSSR count). The number of piperidine rings is 1. The van der Waals surface area contributed by atoms with Crippen molar-refractivity contribution in [1.29, 1.82) is 0 Å². The van der Waals surface area contributed by atoms with Crippen LogP contribution in [0.5, 0.6) is 5.75 Å². The van der Waals surface area contributed by atoms with E-state index in [2.05, 4.69) is 44.3 Å². The van der Waals surface area contributed by atoms with E-state index in [0.29, 0.717) is 23.6 Å². The van der Waals surface area contributed by atoms with E-state index >= 15 is 0 Å². The minimum atomic E-state index is -0.862. The molecule has 1 aromatic carbocycles. The average molecular weight is 542 g/mol. The van der Waals surface area contributed by atoms with Crippen molar-refractivity contribution < 1.29 is 18.6 Å². The summed E-state index contributed by atoms with van der Waals surface area (Å²) in [5.41, 5.74) is 0.764. The maximum atomic E-state index is 14.8. The predicted molar refractivity (Wildman–Crippen MR) is 151 cm³/mol. The number of methoxy groups -OCH3 is 2. The molecule has 11 heteroatoms. The van der Waals surface area contributed by atoms with Gasteiger partial charge in [0.2, 0.25) is 11.5 Å². The van der Waals surface area contributed by atoms with Gasteiger partial charge in [0.1, 0.15) is 5.75 Å². The number of aliphatic imine (C=N–C) groups is 1. The zero-order valence-corrected chi connectivity index (χ0v) is 23.8. The number of fused-ring (bicyclic) bond motifs is 2. The molecular formula is C28H40FN7O3. The summed E-state index contributed by atoms with van der Waals surface area (Å²) in [5, 5.41) is 6.61. The lowest BCUT2D eigenvalue weighted by Crippen LogP contribution is -2.60. The number of rotatable bonds is 8. The van der Waals surface area contributed by atoms with Crippen molar-refractivity contribution in [3.05, 3.63) is 30.2 Å². The third-order valence-corrected chi connectivity index (χ3v) is 8.12. The molecule has 2 atom stereocenters. The minimum Gasteiger partial charge on any atom is -0.472 e. The highest BCUT2D eigenvalue weighted by molar-refractivity contribution is 6.07. The van der Waals surface area contributed by atoms with Crippen LogP contribution in [0.25, 0.3) is 0 Å². The minimum absolute atomic E-state index is 0.0731. The second-order valence-electron chi connectivity index (χ2n) is 11.3. The number of nitrogens with zero attached hydrogens (tertiary/aromatic N) is 5. The van der Waals surface area contributed by atoms with Gasteiger partial charge in [0, 0.05) is 51.6 Å². The summed E-state index contributed by atoms with van der Waals surface area (Å²) in [6, 6.07) is 6.37. The van der Waals surface area contributed by atoms with Crippen molar-refractivity contribution in [2.75, 3.05) is 63.6 Å². The lowest BCUT2D eigenvalue weighted by molar-refractivity contribution is -0.0167. The van der Waals surface area contributed by atoms with E-state index in [4.69, 9.17) is 14.2 Å². The van der Waals surface area contributed by atoms with Crippen LogP contribution < -0.4 is 20.3 Å². The molecule has 2 aromatic rings. The average Bonchev–Trinajstić information content (AvgIpc) is 3.37. The molecule has 3 aliphatic heterocycles. The van der Waals surface area contributed by atoms with E-state index in [1.165, 1.54) is 19.0 Å². The summed E-state index contributed by atoms with van der Waals surface area (Å²) in [7, 11) is 6.91. The van der Waals surface area contributed by atoms with E-state index in [1.807, 2.05) is 30.1 Å². The summed E-state index contributed by atoms with van der Waals surface area (Å²) in [6.07, 6.45) is 5.55. The van der Waals surface area contributed by atoms with Crippen molar-refractivity contribution >= 4 is 29.0 Å². The third-order valence-electron chi connectivity index (χ3n) is 8.12. The lowest BCUT2D eigenvalue weighted by Gasteiger charge is -2.47. The van der Waals surface area contributed by atoms with Crippen LogP contribution in [0.1, 0.15) is 39.5 Å². The first-order chi connectivity index (χ1) is 18.7. The molecule has 0 aliphatic carbocycles. The Hall–Kier alpha value is -3.02. The quantitative estimate of drug-likeness (QED) is 0.513. The molecule has 0 radical (unpaired) electrons. The normalized spacial score (nSPS) is 24.7. The summed E-state index contributed by atoms with van der Waals surface area (Å²) in [6.45, 7) is 6.28. The monoisotopic (exact) mass is 541 g/mol. The number of halogens is 1. The highest BCUT2D eigenvalue weighted by Gasteiger charge is 2.46. The Balaban J connectivity index is 1.35. The number of anilines is 4. The van der Waals surface area contributed by atoms with Crippen molar-refractivity contribution in [2.24, 2.45) is 4.99 Å². The topological polar surface area (TPSA) is 96.4 Å². The molecule has 0 saturated carbocycles. The molecule has 2 fully saturated rings. The molecule has 0 bridgehead atoms. The van der Waals surface area contributed by atoms with E-state index in [9.17, 15) is 4.39 Å². The number of hydrogen-bond acceptors (Lipinski definition) is 9. The van der Waals surface area contributed by atoms with E-state index in [-0.39, 0.29) is 30.6 Å². The smallest absolute Gasteiger partial charge is 0.229 e. The van der Waals surface area contributed by atoms with Gasteiger partial charge in [0.15, 0.2) is 17.5 Å². The van der Waals surface area contributed by atoms with Gasteiger partial charge >= 0.3 is 0 Å². The van der Waals surface area contributed by atoms with Gasteiger partial charge in [-0.25, -0.2) is 9.37 Å². The largest absolute Gasteiger partial charge is 0.472 e. The van der Waals surface area contributed by atoms with E-state index in [0.717, 1.165) is 30.8 Å². The zero-order valence-electron chi connectivity index (χ0n) is 23.8. The number of amidine groups is 1. The molecule has 212 valence electrons. The van der Waals surface area contributed by atoms with Crippen molar-refractivity contribution in [3.63, 3.8) is 0 Å². The molecular weight excluding hydrogens is 501 g/mol. The van der Waals surface area contributed by atoms with Gasteiger partial charge in [-0.2, -0.15) is 4.98 Å². The van der Waals surface area contributed by atoms with Crippen molar-refractivity contribution in [2.45, 2.75) is 62.8 Å². The Morgan fingerprint density at radius 3 is 2.72 bits per heavy atom. The molecule has 3 aliphatic rings. The van der Waals surface area contributed by atoms with Gasteiger partial charge in [0.25, 0.3) is 0 Å².